The lowest BCUT2D eigenvalue weighted by Gasteiger charge is -2.23. The Morgan fingerprint density at radius 1 is 1.26 bits per heavy atom. The molecule has 0 radical (unpaired) electrons. The Kier molecular flexibility index (Phi) is 4.30. The number of rotatable bonds is 4. The van der Waals surface area contributed by atoms with E-state index in [0.717, 1.165) is 11.3 Å². The zero-order valence-electron chi connectivity index (χ0n) is 13.1. The monoisotopic (exact) mass is 312 g/mol. The molecule has 1 aliphatic heterocycles. The van der Waals surface area contributed by atoms with E-state index < -0.39 is 5.60 Å². The largest absolute Gasteiger partial charge is 0.491 e. The van der Waals surface area contributed by atoms with Gasteiger partial charge in [-0.3, -0.25) is 9.78 Å². The molecular weight excluding hydrogens is 292 g/mol. The van der Waals surface area contributed by atoms with Crippen LogP contribution in [0.3, 0.4) is 0 Å². The molecule has 1 aliphatic rings. The quantitative estimate of drug-likeness (QED) is 0.938. The third kappa shape index (κ3) is 3.68. The normalized spacial score (nSPS) is 20.5. The zero-order valence-corrected chi connectivity index (χ0v) is 13.1. The number of ether oxygens (including phenoxy) is 1. The van der Waals surface area contributed by atoms with Gasteiger partial charge in [-0.05, 0) is 37.6 Å². The van der Waals surface area contributed by atoms with Gasteiger partial charge in [-0.1, -0.05) is 17.7 Å². The molecule has 1 fully saturated rings. The van der Waals surface area contributed by atoms with Crippen molar-refractivity contribution in [1.29, 1.82) is 0 Å². The summed E-state index contributed by atoms with van der Waals surface area (Å²) in [6.45, 7) is 2.99. The van der Waals surface area contributed by atoms with Gasteiger partial charge in [0.15, 0.2) is 0 Å². The molecule has 1 aromatic carbocycles. The zero-order chi connectivity index (χ0) is 16.3. The summed E-state index contributed by atoms with van der Waals surface area (Å²) in [6.07, 6.45) is 3.70. The van der Waals surface area contributed by atoms with Crippen LogP contribution in [0, 0.1) is 6.92 Å². The van der Waals surface area contributed by atoms with Crippen LogP contribution in [0.4, 0.5) is 0 Å². The molecule has 23 heavy (non-hydrogen) atoms. The van der Waals surface area contributed by atoms with Gasteiger partial charge in [-0.2, -0.15) is 0 Å². The lowest BCUT2D eigenvalue weighted by atomic mass is 10.1. The number of nitrogens with zero attached hydrogens (tertiary/aromatic N) is 2. The Morgan fingerprint density at radius 3 is 2.65 bits per heavy atom. The van der Waals surface area contributed by atoms with Crippen molar-refractivity contribution in [2.24, 2.45) is 0 Å². The fourth-order valence-electron chi connectivity index (χ4n) is 2.68. The second-order valence-electron chi connectivity index (χ2n) is 6.04. The molecule has 1 amide bonds. The van der Waals surface area contributed by atoms with Gasteiger partial charge in [-0.15, -0.1) is 0 Å². The van der Waals surface area contributed by atoms with Crippen molar-refractivity contribution in [3.8, 4) is 5.75 Å². The number of hydrogen-bond donors (Lipinski definition) is 1. The standard InChI is InChI=1S/C18H20N2O3/c1-14-2-4-16(5-3-14)23-13-18(22)8-11-20(12-18)17(21)15-6-9-19-10-7-15/h2-7,9-10,22H,8,11-13H2,1H3/t18-/m1/s1. The number of amides is 1. The van der Waals surface area contributed by atoms with Crippen molar-refractivity contribution < 1.29 is 14.6 Å². The average molecular weight is 312 g/mol. The molecule has 2 aromatic rings. The van der Waals surface area contributed by atoms with E-state index in [2.05, 4.69) is 4.98 Å². The van der Waals surface area contributed by atoms with E-state index >= 15 is 0 Å². The number of β-amino-alcohol motifs (C(OH)–C–C–N with tert-alkyl or cyclic N) is 1. The van der Waals surface area contributed by atoms with Crippen molar-refractivity contribution in [2.45, 2.75) is 18.9 Å². The van der Waals surface area contributed by atoms with Crippen molar-refractivity contribution in [2.75, 3.05) is 19.7 Å². The van der Waals surface area contributed by atoms with Crippen LogP contribution in [-0.4, -0.2) is 46.2 Å². The number of aryl methyl sites for hydroxylation is 1. The molecular formula is C18H20N2O3. The molecule has 0 aliphatic carbocycles. The number of pyridine rings is 1. The summed E-state index contributed by atoms with van der Waals surface area (Å²) in [5.41, 5.74) is 0.739. The van der Waals surface area contributed by atoms with Gasteiger partial charge in [0.1, 0.15) is 18.0 Å². The molecule has 120 valence electrons. The SMILES string of the molecule is Cc1ccc(OC[C@@]2(O)CCN(C(=O)c3ccncc3)C2)cc1. The van der Waals surface area contributed by atoms with E-state index in [1.807, 2.05) is 31.2 Å². The predicted octanol–water partition coefficient (Wildman–Crippen LogP) is 2.05. The minimum Gasteiger partial charge on any atom is -0.491 e. The van der Waals surface area contributed by atoms with Crippen molar-refractivity contribution in [3.05, 3.63) is 59.9 Å². The maximum absolute atomic E-state index is 12.4. The van der Waals surface area contributed by atoms with Crippen LogP contribution in [0.15, 0.2) is 48.8 Å². The Balaban J connectivity index is 1.59. The number of likely N-dealkylation sites (tertiary alicyclic amines) is 1. The van der Waals surface area contributed by atoms with Crippen LogP contribution in [0.25, 0.3) is 0 Å². The fraction of sp³-hybridized carbons (Fsp3) is 0.333. The van der Waals surface area contributed by atoms with Gasteiger partial charge in [-0.25, -0.2) is 0 Å². The highest BCUT2D eigenvalue weighted by atomic mass is 16.5. The fourth-order valence-corrected chi connectivity index (χ4v) is 2.68. The predicted molar refractivity (Wildman–Crippen MR) is 86.4 cm³/mol. The van der Waals surface area contributed by atoms with E-state index in [1.54, 1.807) is 29.4 Å². The van der Waals surface area contributed by atoms with Crippen LogP contribution < -0.4 is 4.74 Å². The maximum Gasteiger partial charge on any atom is 0.254 e. The summed E-state index contributed by atoms with van der Waals surface area (Å²) < 4.78 is 5.68. The van der Waals surface area contributed by atoms with Crippen molar-refractivity contribution in [3.63, 3.8) is 0 Å². The number of carbonyl (C=O) groups is 1. The van der Waals surface area contributed by atoms with E-state index in [9.17, 15) is 9.90 Å². The van der Waals surface area contributed by atoms with Crippen LogP contribution in [0.5, 0.6) is 5.75 Å². The third-order valence-corrected chi connectivity index (χ3v) is 4.08. The first-order valence-electron chi connectivity index (χ1n) is 7.67. The van der Waals surface area contributed by atoms with E-state index in [-0.39, 0.29) is 19.1 Å². The highest BCUT2D eigenvalue weighted by Crippen LogP contribution is 2.24. The molecule has 0 unspecified atom stereocenters. The minimum atomic E-state index is -1.01. The Hall–Kier alpha value is -2.40. The van der Waals surface area contributed by atoms with Crippen LogP contribution in [-0.2, 0) is 0 Å². The molecule has 3 rings (SSSR count). The second kappa shape index (κ2) is 6.38. The van der Waals surface area contributed by atoms with Crippen molar-refractivity contribution >= 4 is 5.91 Å². The molecule has 0 saturated carbocycles. The minimum absolute atomic E-state index is 0.0846. The number of benzene rings is 1. The smallest absolute Gasteiger partial charge is 0.254 e. The van der Waals surface area contributed by atoms with Gasteiger partial charge in [0.25, 0.3) is 5.91 Å². The second-order valence-corrected chi connectivity index (χ2v) is 6.04. The topological polar surface area (TPSA) is 62.7 Å². The number of aromatic nitrogens is 1. The number of carbonyl (C=O) groups excluding carboxylic acids is 1. The summed E-state index contributed by atoms with van der Waals surface area (Å²) in [7, 11) is 0. The number of aliphatic hydroxyl groups is 1. The third-order valence-electron chi connectivity index (χ3n) is 4.08. The lowest BCUT2D eigenvalue weighted by Crippen LogP contribution is -2.40. The summed E-state index contributed by atoms with van der Waals surface area (Å²) in [6, 6.07) is 11.1. The Bertz CT molecular complexity index is 672. The molecule has 2 heterocycles. The van der Waals surface area contributed by atoms with Gasteiger partial charge in [0.2, 0.25) is 0 Å². The molecule has 5 nitrogen and oxygen atoms in total. The van der Waals surface area contributed by atoms with Gasteiger partial charge in [0, 0.05) is 24.5 Å². The summed E-state index contributed by atoms with van der Waals surface area (Å²) >= 11 is 0. The Labute approximate surface area is 135 Å². The molecule has 1 aromatic heterocycles. The lowest BCUT2D eigenvalue weighted by molar-refractivity contribution is 0.00430. The van der Waals surface area contributed by atoms with Crippen molar-refractivity contribution in [1.82, 2.24) is 9.88 Å². The van der Waals surface area contributed by atoms with E-state index in [0.29, 0.717) is 18.5 Å². The summed E-state index contributed by atoms with van der Waals surface area (Å²) in [5.74, 6) is 0.640. The summed E-state index contributed by atoms with van der Waals surface area (Å²) in [4.78, 5) is 18.0. The van der Waals surface area contributed by atoms with Gasteiger partial charge >= 0.3 is 0 Å². The average Bonchev–Trinajstić information content (AvgIpc) is 2.97. The maximum atomic E-state index is 12.4. The Morgan fingerprint density at radius 2 is 1.96 bits per heavy atom. The first kappa shape index (κ1) is 15.5. The molecule has 5 heteroatoms. The van der Waals surface area contributed by atoms with E-state index in [1.165, 1.54) is 0 Å². The van der Waals surface area contributed by atoms with Gasteiger partial charge < -0.3 is 14.7 Å². The molecule has 0 bridgehead atoms. The first-order chi connectivity index (χ1) is 11.1. The van der Waals surface area contributed by atoms with Gasteiger partial charge in [0.05, 0.1) is 6.54 Å². The molecule has 0 spiro atoms. The summed E-state index contributed by atoms with van der Waals surface area (Å²) in [5, 5.41) is 10.6. The highest BCUT2D eigenvalue weighted by molar-refractivity contribution is 5.94. The molecule has 1 N–H and O–H groups in total. The molecule has 1 atom stereocenters. The number of hydrogen-bond acceptors (Lipinski definition) is 4. The van der Waals surface area contributed by atoms with E-state index in [4.69, 9.17) is 4.74 Å². The molecule has 1 saturated heterocycles. The van der Waals surface area contributed by atoms with Crippen LogP contribution >= 0.6 is 0 Å². The van der Waals surface area contributed by atoms with Crippen LogP contribution in [0.1, 0.15) is 22.3 Å². The first-order valence-corrected chi connectivity index (χ1v) is 7.67. The van der Waals surface area contributed by atoms with Crippen LogP contribution in [0.2, 0.25) is 0 Å². The highest BCUT2D eigenvalue weighted by Gasteiger charge is 2.39.